The smallest absolute Gasteiger partial charge is 0.332 e. The molecule has 0 spiro atoms. The molecule has 3 aromatic rings. The molecule has 2 aromatic heterocycles. The van der Waals surface area contributed by atoms with Crippen LogP contribution in [0.3, 0.4) is 0 Å². The summed E-state index contributed by atoms with van der Waals surface area (Å²) in [6.45, 7) is 1.27. The average molecular weight is 449 g/mol. The van der Waals surface area contributed by atoms with Crippen LogP contribution in [-0.4, -0.2) is 51.4 Å². The first kappa shape index (κ1) is 22.4. The van der Waals surface area contributed by atoms with Crippen molar-refractivity contribution in [2.45, 2.75) is 24.4 Å². The van der Waals surface area contributed by atoms with Gasteiger partial charge in [0, 0.05) is 28.2 Å². The molecular formula is C19H24N6O5S. The van der Waals surface area contributed by atoms with Crippen molar-refractivity contribution in [2.75, 3.05) is 14.1 Å². The maximum atomic E-state index is 12.7. The molecule has 3 rings (SSSR count). The van der Waals surface area contributed by atoms with Crippen LogP contribution in [0.2, 0.25) is 0 Å². The molecule has 0 saturated heterocycles. The number of nitrogens with zero attached hydrogens (tertiary/aromatic N) is 5. The monoisotopic (exact) mass is 448 g/mol. The highest BCUT2D eigenvalue weighted by Gasteiger charge is 2.20. The molecule has 1 atom stereocenters. The van der Waals surface area contributed by atoms with Gasteiger partial charge in [-0.2, -0.15) is 0 Å². The number of hydrogen-bond acceptors (Lipinski definition) is 6. The highest BCUT2D eigenvalue weighted by Crippen LogP contribution is 2.18. The van der Waals surface area contributed by atoms with E-state index in [9.17, 15) is 22.8 Å². The number of benzene rings is 1. The second kappa shape index (κ2) is 8.12. The van der Waals surface area contributed by atoms with Crippen LogP contribution in [0.5, 0.6) is 0 Å². The SMILES string of the molecule is CC(NC(=O)Cn1c(=O)c2c(ncn2C)n(C)c1=O)c1ccc(S(=O)(=O)N(C)C)cc1. The van der Waals surface area contributed by atoms with Gasteiger partial charge in [-0.05, 0) is 24.6 Å². The van der Waals surface area contributed by atoms with Crippen molar-refractivity contribution in [2.24, 2.45) is 14.1 Å². The molecule has 1 N–H and O–H groups in total. The zero-order valence-electron chi connectivity index (χ0n) is 17.9. The Morgan fingerprint density at radius 2 is 1.77 bits per heavy atom. The third-order valence-electron chi connectivity index (χ3n) is 5.04. The van der Waals surface area contributed by atoms with Crippen LogP contribution >= 0.6 is 0 Å². The molecule has 0 aliphatic carbocycles. The Bertz CT molecular complexity index is 1370. The van der Waals surface area contributed by atoms with Gasteiger partial charge in [-0.1, -0.05) is 12.1 Å². The topological polar surface area (TPSA) is 128 Å². The van der Waals surface area contributed by atoms with Gasteiger partial charge in [0.25, 0.3) is 5.56 Å². The minimum atomic E-state index is -3.55. The largest absolute Gasteiger partial charge is 0.348 e. The van der Waals surface area contributed by atoms with E-state index in [1.54, 1.807) is 26.1 Å². The number of fused-ring (bicyclic) bond motifs is 1. The maximum absolute atomic E-state index is 12.7. The zero-order valence-corrected chi connectivity index (χ0v) is 18.7. The molecule has 0 bridgehead atoms. The standard InChI is InChI=1S/C19H24N6O5S/c1-12(13-6-8-14(9-7-13)31(29,30)22(2)3)21-15(26)10-25-18(27)16-17(20-11-23(16)4)24(5)19(25)28/h6-9,11-12H,10H2,1-5H3,(H,21,26). The molecule has 166 valence electrons. The van der Waals surface area contributed by atoms with Gasteiger partial charge in [-0.3, -0.25) is 14.2 Å². The van der Waals surface area contributed by atoms with Gasteiger partial charge in [0.1, 0.15) is 6.54 Å². The summed E-state index contributed by atoms with van der Waals surface area (Å²) in [4.78, 5) is 42.0. The van der Waals surface area contributed by atoms with Crippen molar-refractivity contribution in [3.63, 3.8) is 0 Å². The minimum absolute atomic E-state index is 0.138. The number of aromatic nitrogens is 4. The molecule has 1 amide bonds. The van der Waals surface area contributed by atoms with E-state index in [0.717, 1.165) is 8.87 Å². The van der Waals surface area contributed by atoms with Crippen LogP contribution < -0.4 is 16.6 Å². The van der Waals surface area contributed by atoms with Gasteiger partial charge in [0.15, 0.2) is 11.2 Å². The maximum Gasteiger partial charge on any atom is 0.332 e. The molecule has 1 aromatic carbocycles. The summed E-state index contributed by atoms with van der Waals surface area (Å²) in [6.07, 6.45) is 1.43. The summed E-state index contributed by atoms with van der Waals surface area (Å²) in [5.41, 5.74) is -0.0966. The van der Waals surface area contributed by atoms with Crippen LogP contribution in [0.4, 0.5) is 0 Å². The molecular weight excluding hydrogens is 424 g/mol. The molecule has 11 nitrogen and oxygen atoms in total. The van der Waals surface area contributed by atoms with E-state index in [1.165, 1.54) is 48.7 Å². The van der Waals surface area contributed by atoms with Crippen molar-refractivity contribution in [3.8, 4) is 0 Å². The van der Waals surface area contributed by atoms with Crippen LogP contribution in [-0.2, 0) is 35.5 Å². The number of hydrogen-bond donors (Lipinski definition) is 1. The summed E-state index contributed by atoms with van der Waals surface area (Å²) >= 11 is 0. The van der Waals surface area contributed by atoms with E-state index in [-0.39, 0.29) is 16.1 Å². The second-order valence-electron chi connectivity index (χ2n) is 7.41. The fraction of sp³-hybridized carbons (Fsp3) is 0.368. The molecule has 1 unspecified atom stereocenters. The molecule has 12 heteroatoms. The van der Waals surface area contributed by atoms with Crippen molar-refractivity contribution < 1.29 is 13.2 Å². The Morgan fingerprint density at radius 3 is 2.35 bits per heavy atom. The predicted molar refractivity (Wildman–Crippen MR) is 114 cm³/mol. The molecule has 0 radical (unpaired) electrons. The first-order valence-electron chi connectivity index (χ1n) is 9.38. The molecule has 0 aliphatic rings. The van der Waals surface area contributed by atoms with Crippen LogP contribution in [0.25, 0.3) is 11.2 Å². The van der Waals surface area contributed by atoms with Gasteiger partial charge >= 0.3 is 5.69 Å². The third kappa shape index (κ3) is 4.03. The molecule has 2 heterocycles. The second-order valence-corrected chi connectivity index (χ2v) is 9.56. The summed E-state index contributed by atoms with van der Waals surface area (Å²) in [5.74, 6) is -0.529. The van der Waals surface area contributed by atoms with Crippen molar-refractivity contribution >= 4 is 27.1 Å². The lowest BCUT2D eigenvalue weighted by atomic mass is 10.1. The number of carbonyl (C=O) groups excluding carboxylic acids is 1. The first-order chi connectivity index (χ1) is 14.4. The van der Waals surface area contributed by atoms with E-state index in [1.807, 2.05) is 0 Å². The molecule has 0 saturated carbocycles. The number of rotatable bonds is 6. The van der Waals surface area contributed by atoms with Crippen molar-refractivity contribution in [1.82, 2.24) is 28.3 Å². The average Bonchev–Trinajstić information content (AvgIpc) is 3.11. The number of amides is 1. The van der Waals surface area contributed by atoms with E-state index in [0.29, 0.717) is 5.56 Å². The number of carbonyl (C=O) groups is 1. The van der Waals surface area contributed by atoms with Crippen molar-refractivity contribution in [3.05, 3.63) is 57.0 Å². The zero-order chi connectivity index (χ0) is 23.1. The Hall–Kier alpha value is -3.25. The molecule has 0 fully saturated rings. The normalized spacial score (nSPS) is 13.0. The highest BCUT2D eigenvalue weighted by molar-refractivity contribution is 7.89. The summed E-state index contributed by atoms with van der Waals surface area (Å²) in [7, 11) is 2.46. The van der Waals surface area contributed by atoms with Gasteiger partial charge in [0.05, 0.1) is 17.3 Å². The Morgan fingerprint density at radius 1 is 1.16 bits per heavy atom. The van der Waals surface area contributed by atoms with Crippen LogP contribution in [0.15, 0.2) is 45.1 Å². The molecule has 0 aliphatic heterocycles. The number of sulfonamides is 1. The third-order valence-corrected chi connectivity index (χ3v) is 6.87. The fourth-order valence-corrected chi connectivity index (χ4v) is 4.09. The van der Waals surface area contributed by atoms with E-state index < -0.39 is 39.8 Å². The van der Waals surface area contributed by atoms with Gasteiger partial charge in [-0.25, -0.2) is 27.1 Å². The van der Waals surface area contributed by atoms with Crippen LogP contribution in [0, 0.1) is 0 Å². The lowest BCUT2D eigenvalue weighted by Gasteiger charge is -2.16. The summed E-state index contributed by atoms with van der Waals surface area (Å²) in [6, 6.07) is 5.67. The fourth-order valence-electron chi connectivity index (χ4n) is 3.19. The van der Waals surface area contributed by atoms with Gasteiger partial charge in [0.2, 0.25) is 15.9 Å². The summed E-state index contributed by atoms with van der Waals surface area (Å²) < 4.78 is 29.0. The number of nitrogens with one attached hydrogen (secondary N) is 1. The number of imidazole rings is 1. The Balaban J connectivity index is 1.81. The first-order valence-corrected chi connectivity index (χ1v) is 10.8. The van der Waals surface area contributed by atoms with E-state index in [2.05, 4.69) is 10.3 Å². The molecule has 31 heavy (non-hydrogen) atoms. The lowest BCUT2D eigenvalue weighted by molar-refractivity contribution is -0.122. The minimum Gasteiger partial charge on any atom is -0.348 e. The van der Waals surface area contributed by atoms with Crippen LogP contribution in [0.1, 0.15) is 18.5 Å². The quantitative estimate of drug-likeness (QED) is 0.545. The Kier molecular flexibility index (Phi) is 5.87. The summed E-state index contributed by atoms with van der Waals surface area (Å²) in [5, 5.41) is 2.73. The van der Waals surface area contributed by atoms with Crippen molar-refractivity contribution in [1.29, 1.82) is 0 Å². The van der Waals surface area contributed by atoms with Gasteiger partial charge in [-0.15, -0.1) is 0 Å². The van der Waals surface area contributed by atoms with Gasteiger partial charge < -0.3 is 9.88 Å². The number of aryl methyl sites for hydroxylation is 2. The predicted octanol–water partition coefficient (Wildman–Crippen LogP) is -0.439. The highest BCUT2D eigenvalue weighted by atomic mass is 32.2. The lowest BCUT2D eigenvalue weighted by Crippen LogP contribution is -2.43. The van der Waals surface area contributed by atoms with E-state index in [4.69, 9.17) is 0 Å². The Labute approximate surface area is 178 Å². The van der Waals surface area contributed by atoms with E-state index >= 15 is 0 Å².